The molecule has 3 heterocycles. The molecule has 7 heteroatoms. The second-order valence-electron chi connectivity index (χ2n) is 5.32. The van der Waals surface area contributed by atoms with Gasteiger partial charge in [-0.1, -0.05) is 0 Å². The molecule has 0 aliphatic carbocycles. The van der Waals surface area contributed by atoms with Crippen molar-refractivity contribution in [3.05, 3.63) is 24.4 Å². The van der Waals surface area contributed by atoms with Crippen molar-refractivity contribution in [2.45, 2.75) is 12.8 Å². The summed E-state index contributed by atoms with van der Waals surface area (Å²) in [5.41, 5.74) is 0.886. The Labute approximate surface area is 128 Å². The topological polar surface area (TPSA) is 72.4 Å². The smallest absolute Gasteiger partial charge is 0.247 e. The lowest BCUT2D eigenvalue weighted by molar-refractivity contribution is 0.171. The Bertz CT molecular complexity index is 673. The minimum Gasteiger partial charge on any atom is -0.486 e. The summed E-state index contributed by atoms with van der Waals surface area (Å²) < 4.78 is 11.1. The van der Waals surface area contributed by atoms with Gasteiger partial charge in [0.25, 0.3) is 0 Å². The van der Waals surface area contributed by atoms with E-state index in [4.69, 9.17) is 9.47 Å². The Morgan fingerprint density at radius 2 is 1.86 bits per heavy atom. The molecule has 0 unspecified atom stereocenters. The van der Waals surface area contributed by atoms with E-state index in [0.29, 0.717) is 25.0 Å². The normalized spacial score (nSPS) is 16.6. The second-order valence-corrected chi connectivity index (χ2v) is 5.32. The molecule has 0 spiro atoms. The Morgan fingerprint density at radius 3 is 2.73 bits per heavy atom. The molecule has 1 aromatic heterocycles. The summed E-state index contributed by atoms with van der Waals surface area (Å²) in [7, 11) is 0. The largest absolute Gasteiger partial charge is 0.486 e. The summed E-state index contributed by atoms with van der Waals surface area (Å²) in [5.74, 6) is 2.88. The number of rotatable bonds is 3. The molecule has 114 valence electrons. The van der Waals surface area contributed by atoms with Crippen LogP contribution in [0.3, 0.4) is 0 Å². The lowest BCUT2D eigenvalue weighted by Gasteiger charge is -2.19. The van der Waals surface area contributed by atoms with Crippen molar-refractivity contribution in [2.24, 2.45) is 0 Å². The van der Waals surface area contributed by atoms with Gasteiger partial charge < -0.3 is 19.7 Å². The maximum absolute atomic E-state index is 5.59. The number of benzene rings is 1. The summed E-state index contributed by atoms with van der Waals surface area (Å²) in [6.07, 6.45) is 3.99. The lowest BCUT2D eigenvalue weighted by Crippen LogP contribution is -2.21. The first kappa shape index (κ1) is 13.1. The third-order valence-corrected chi connectivity index (χ3v) is 3.75. The predicted octanol–water partition coefficient (Wildman–Crippen LogP) is 1.99. The first-order chi connectivity index (χ1) is 10.9. The minimum atomic E-state index is 0.574. The summed E-state index contributed by atoms with van der Waals surface area (Å²) in [4.78, 5) is 6.69. The molecule has 0 amide bonds. The number of ether oxygens (including phenoxy) is 2. The standard InChI is InChI=1S/C15H17N5O2/c1-2-6-20(5-1)15-18-14(10-16-19-15)17-11-3-4-12-13(9-11)22-8-7-21-12/h3-4,9-10H,1-2,5-8H2,(H,17,18,19). The van der Waals surface area contributed by atoms with Crippen molar-refractivity contribution in [2.75, 3.05) is 36.5 Å². The van der Waals surface area contributed by atoms with Gasteiger partial charge in [-0.3, -0.25) is 0 Å². The molecule has 1 N–H and O–H groups in total. The average Bonchev–Trinajstić information content (AvgIpc) is 3.10. The summed E-state index contributed by atoms with van der Waals surface area (Å²) >= 11 is 0. The number of aromatic nitrogens is 3. The van der Waals surface area contributed by atoms with E-state index in [9.17, 15) is 0 Å². The predicted molar refractivity (Wildman–Crippen MR) is 82.0 cm³/mol. The van der Waals surface area contributed by atoms with Gasteiger partial charge in [-0.05, 0) is 25.0 Å². The molecular formula is C15H17N5O2. The quantitative estimate of drug-likeness (QED) is 0.929. The van der Waals surface area contributed by atoms with E-state index in [1.807, 2.05) is 18.2 Å². The number of hydrogen-bond acceptors (Lipinski definition) is 7. The molecule has 2 aliphatic rings. The van der Waals surface area contributed by atoms with Crippen LogP contribution < -0.4 is 19.7 Å². The van der Waals surface area contributed by atoms with Gasteiger partial charge in [0, 0.05) is 24.8 Å². The van der Waals surface area contributed by atoms with E-state index in [-0.39, 0.29) is 0 Å². The van der Waals surface area contributed by atoms with Gasteiger partial charge in [0.2, 0.25) is 5.95 Å². The molecule has 1 aromatic carbocycles. The lowest BCUT2D eigenvalue weighted by atomic mass is 10.2. The highest BCUT2D eigenvalue weighted by molar-refractivity contribution is 5.61. The molecule has 0 atom stereocenters. The molecular weight excluding hydrogens is 282 g/mol. The highest BCUT2D eigenvalue weighted by Crippen LogP contribution is 2.33. The number of nitrogens with zero attached hydrogens (tertiary/aromatic N) is 4. The van der Waals surface area contributed by atoms with Crippen LogP contribution in [0.5, 0.6) is 11.5 Å². The maximum atomic E-state index is 5.59. The van der Waals surface area contributed by atoms with Gasteiger partial charge in [0.1, 0.15) is 13.2 Å². The summed E-state index contributed by atoms with van der Waals surface area (Å²) in [6, 6.07) is 5.74. The third-order valence-electron chi connectivity index (χ3n) is 3.75. The molecule has 4 rings (SSSR count). The first-order valence-electron chi connectivity index (χ1n) is 7.50. The van der Waals surface area contributed by atoms with Gasteiger partial charge in [-0.15, -0.1) is 5.10 Å². The van der Waals surface area contributed by atoms with Gasteiger partial charge >= 0.3 is 0 Å². The molecule has 22 heavy (non-hydrogen) atoms. The van der Waals surface area contributed by atoms with Crippen LogP contribution in [0.2, 0.25) is 0 Å². The zero-order valence-corrected chi connectivity index (χ0v) is 12.2. The van der Waals surface area contributed by atoms with Crippen molar-refractivity contribution >= 4 is 17.5 Å². The second kappa shape index (κ2) is 5.67. The molecule has 7 nitrogen and oxygen atoms in total. The van der Waals surface area contributed by atoms with E-state index in [1.54, 1.807) is 6.20 Å². The summed E-state index contributed by atoms with van der Waals surface area (Å²) in [5, 5.41) is 11.4. The van der Waals surface area contributed by atoms with Crippen LogP contribution in [-0.2, 0) is 0 Å². The van der Waals surface area contributed by atoms with E-state index < -0.39 is 0 Å². The molecule has 0 saturated carbocycles. The first-order valence-corrected chi connectivity index (χ1v) is 7.50. The number of hydrogen-bond donors (Lipinski definition) is 1. The molecule has 2 aliphatic heterocycles. The van der Waals surface area contributed by atoms with Crippen LogP contribution in [0.25, 0.3) is 0 Å². The van der Waals surface area contributed by atoms with Crippen LogP contribution in [-0.4, -0.2) is 41.5 Å². The van der Waals surface area contributed by atoms with E-state index in [2.05, 4.69) is 25.4 Å². The average molecular weight is 299 g/mol. The number of nitrogens with one attached hydrogen (secondary N) is 1. The van der Waals surface area contributed by atoms with Gasteiger partial charge in [0.05, 0.1) is 6.20 Å². The zero-order valence-electron chi connectivity index (χ0n) is 12.2. The van der Waals surface area contributed by atoms with E-state index in [1.165, 1.54) is 12.8 Å². The Morgan fingerprint density at radius 1 is 1.05 bits per heavy atom. The SMILES string of the molecule is c1cc2c(cc1Nc1cnnc(N3CCCC3)n1)OCCO2. The van der Waals surface area contributed by atoms with Crippen LogP contribution in [0, 0.1) is 0 Å². The van der Waals surface area contributed by atoms with Crippen molar-refractivity contribution in [1.29, 1.82) is 0 Å². The highest BCUT2D eigenvalue weighted by Gasteiger charge is 2.16. The van der Waals surface area contributed by atoms with Crippen LogP contribution in [0.15, 0.2) is 24.4 Å². The van der Waals surface area contributed by atoms with Gasteiger partial charge in [0.15, 0.2) is 17.3 Å². The monoisotopic (exact) mass is 299 g/mol. The molecule has 1 saturated heterocycles. The zero-order chi connectivity index (χ0) is 14.8. The molecule has 0 radical (unpaired) electrons. The molecule has 1 fully saturated rings. The maximum Gasteiger partial charge on any atom is 0.247 e. The van der Waals surface area contributed by atoms with Crippen molar-refractivity contribution in [3.63, 3.8) is 0 Å². The van der Waals surface area contributed by atoms with E-state index >= 15 is 0 Å². The molecule has 2 aromatic rings. The number of anilines is 3. The Hall–Kier alpha value is -2.57. The van der Waals surface area contributed by atoms with Crippen LogP contribution in [0.1, 0.15) is 12.8 Å². The Balaban J connectivity index is 1.54. The minimum absolute atomic E-state index is 0.574. The van der Waals surface area contributed by atoms with Crippen molar-refractivity contribution < 1.29 is 9.47 Å². The fraction of sp³-hybridized carbons (Fsp3) is 0.400. The fourth-order valence-corrected chi connectivity index (χ4v) is 2.67. The van der Waals surface area contributed by atoms with Crippen LogP contribution >= 0.6 is 0 Å². The molecule has 0 bridgehead atoms. The highest BCUT2D eigenvalue weighted by atomic mass is 16.6. The van der Waals surface area contributed by atoms with E-state index in [0.717, 1.165) is 30.3 Å². The van der Waals surface area contributed by atoms with Crippen LogP contribution in [0.4, 0.5) is 17.5 Å². The van der Waals surface area contributed by atoms with Gasteiger partial charge in [-0.2, -0.15) is 10.1 Å². The van der Waals surface area contributed by atoms with Crippen molar-refractivity contribution in [3.8, 4) is 11.5 Å². The summed E-state index contributed by atoms with van der Waals surface area (Å²) in [6.45, 7) is 3.16. The fourth-order valence-electron chi connectivity index (χ4n) is 2.67. The third kappa shape index (κ3) is 2.61. The number of fused-ring (bicyclic) bond motifs is 1. The van der Waals surface area contributed by atoms with Crippen molar-refractivity contribution in [1.82, 2.24) is 15.2 Å². The van der Waals surface area contributed by atoms with Gasteiger partial charge in [-0.25, -0.2) is 0 Å². The Kier molecular flexibility index (Phi) is 3.38.